The van der Waals surface area contributed by atoms with Crippen LogP contribution in [0.25, 0.3) is 0 Å². The Morgan fingerprint density at radius 3 is 2.29 bits per heavy atom. The fourth-order valence-corrected chi connectivity index (χ4v) is 2.09. The Kier molecular flexibility index (Phi) is 7.13. The minimum absolute atomic E-state index is 0. The highest BCUT2D eigenvalue weighted by molar-refractivity contribution is 7.80. The third kappa shape index (κ3) is 5.43. The fourth-order valence-electron chi connectivity index (χ4n) is 1.77. The lowest BCUT2D eigenvalue weighted by molar-refractivity contribution is -0.137. The summed E-state index contributed by atoms with van der Waals surface area (Å²) in [7, 11) is 0. The standard InChI is InChI=1S/C15H12ClF3N2OS.ClH/c16-12-8-11(15(17,18)19)6-7-13(12)22-21(14(20)23)9-10-4-2-1-3-5-10;/h1-8H,9H2,(H2,20,23);1H. The molecule has 9 heteroatoms. The van der Waals surface area contributed by atoms with Gasteiger partial charge in [-0.2, -0.15) is 18.2 Å². The smallest absolute Gasteiger partial charge is 0.375 e. The molecule has 2 aromatic rings. The number of thiocarbonyl (C=S) groups is 1. The lowest BCUT2D eigenvalue weighted by Gasteiger charge is -2.23. The topological polar surface area (TPSA) is 38.5 Å². The molecule has 2 N–H and O–H groups in total. The van der Waals surface area contributed by atoms with E-state index in [9.17, 15) is 13.2 Å². The summed E-state index contributed by atoms with van der Waals surface area (Å²) in [4.78, 5) is 5.45. The lowest BCUT2D eigenvalue weighted by atomic mass is 10.2. The van der Waals surface area contributed by atoms with Gasteiger partial charge in [0, 0.05) is 0 Å². The van der Waals surface area contributed by atoms with Crippen LogP contribution in [0.2, 0.25) is 5.02 Å². The first-order chi connectivity index (χ1) is 10.8. The molecule has 0 saturated heterocycles. The molecule has 0 atom stereocenters. The highest BCUT2D eigenvalue weighted by Gasteiger charge is 2.31. The highest BCUT2D eigenvalue weighted by atomic mass is 35.5. The van der Waals surface area contributed by atoms with Gasteiger partial charge in [-0.05, 0) is 36.0 Å². The Morgan fingerprint density at radius 1 is 1.17 bits per heavy atom. The van der Waals surface area contributed by atoms with E-state index in [-0.39, 0.29) is 34.8 Å². The third-order valence-electron chi connectivity index (χ3n) is 2.88. The van der Waals surface area contributed by atoms with Crippen LogP contribution in [0.3, 0.4) is 0 Å². The van der Waals surface area contributed by atoms with Crippen LogP contribution in [0.4, 0.5) is 13.2 Å². The second-order valence-corrected chi connectivity index (χ2v) is 5.42. The normalized spacial score (nSPS) is 10.7. The van der Waals surface area contributed by atoms with Crippen molar-refractivity contribution in [3.63, 3.8) is 0 Å². The van der Waals surface area contributed by atoms with Crippen LogP contribution in [-0.4, -0.2) is 10.2 Å². The largest absolute Gasteiger partial charge is 0.416 e. The molecular weight excluding hydrogens is 384 g/mol. The number of alkyl halides is 3. The molecule has 2 rings (SSSR count). The lowest BCUT2D eigenvalue weighted by Crippen LogP contribution is -2.37. The Morgan fingerprint density at radius 2 is 1.79 bits per heavy atom. The number of halogens is 5. The molecule has 0 aromatic heterocycles. The maximum Gasteiger partial charge on any atom is 0.416 e. The molecular formula is C15H13Cl2F3N2OS. The second-order valence-electron chi connectivity index (χ2n) is 4.59. The van der Waals surface area contributed by atoms with Crippen LogP contribution < -0.4 is 10.6 Å². The van der Waals surface area contributed by atoms with Crippen molar-refractivity contribution in [1.29, 1.82) is 0 Å². The number of nitrogens with two attached hydrogens (primary N) is 1. The van der Waals surface area contributed by atoms with Crippen LogP contribution in [0.1, 0.15) is 11.1 Å². The zero-order valence-electron chi connectivity index (χ0n) is 12.1. The van der Waals surface area contributed by atoms with Gasteiger partial charge in [0.25, 0.3) is 0 Å². The van der Waals surface area contributed by atoms with Gasteiger partial charge in [0.2, 0.25) is 5.11 Å². The van der Waals surface area contributed by atoms with Crippen LogP contribution in [0.5, 0.6) is 5.75 Å². The molecule has 130 valence electrons. The number of hydrogen-bond donors (Lipinski definition) is 1. The van der Waals surface area contributed by atoms with E-state index in [1.807, 2.05) is 30.3 Å². The van der Waals surface area contributed by atoms with Crippen LogP contribution >= 0.6 is 36.2 Å². The summed E-state index contributed by atoms with van der Waals surface area (Å²) in [5.41, 5.74) is 5.59. The molecule has 0 amide bonds. The van der Waals surface area contributed by atoms with Crippen molar-refractivity contribution in [2.75, 3.05) is 0 Å². The summed E-state index contributed by atoms with van der Waals surface area (Å²) in [6, 6.07) is 12.0. The number of hydrogen-bond acceptors (Lipinski definition) is 2. The summed E-state index contributed by atoms with van der Waals surface area (Å²) in [6.45, 7) is 0.230. The Hall–Kier alpha value is -1.70. The van der Waals surface area contributed by atoms with Gasteiger partial charge in [-0.25, -0.2) is 0 Å². The zero-order valence-corrected chi connectivity index (χ0v) is 14.5. The SMILES string of the molecule is Cl.NC(=S)N(Cc1ccccc1)Oc1ccc(C(F)(F)F)cc1Cl. The molecule has 0 radical (unpaired) electrons. The van der Waals surface area contributed by atoms with E-state index in [1.54, 1.807) is 0 Å². The molecule has 0 aliphatic heterocycles. The summed E-state index contributed by atoms with van der Waals surface area (Å²) in [5.74, 6) is 0.0309. The molecule has 3 nitrogen and oxygen atoms in total. The third-order valence-corrected chi connectivity index (χ3v) is 3.38. The van der Waals surface area contributed by atoms with Crippen molar-refractivity contribution in [1.82, 2.24) is 5.06 Å². The average Bonchev–Trinajstić information content (AvgIpc) is 2.48. The number of benzene rings is 2. The van der Waals surface area contributed by atoms with Gasteiger partial charge in [-0.3, -0.25) is 0 Å². The van der Waals surface area contributed by atoms with Gasteiger partial charge in [0.15, 0.2) is 5.75 Å². The molecule has 0 aliphatic rings. The van der Waals surface area contributed by atoms with E-state index in [0.29, 0.717) is 0 Å². The van der Waals surface area contributed by atoms with E-state index < -0.39 is 11.7 Å². The number of hydroxylamine groups is 2. The Labute approximate surface area is 153 Å². The van der Waals surface area contributed by atoms with E-state index in [1.165, 1.54) is 5.06 Å². The zero-order chi connectivity index (χ0) is 17.0. The molecule has 0 bridgehead atoms. The van der Waals surface area contributed by atoms with Crippen molar-refractivity contribution in [2.24, 2.45) is 5.73 Å². The molecule has 0 spiro atoms. The minimum atomic E-state index is -4.48. The molecule has 0 heterocycles. The van der Waals surface area contributed by atoms with Crippen LogP contribution in [-0.2, 0) is 12.7 Å². The first-order valence-corrected chi connectivity index (χ1v) is 7.21. The van der Waals surface area contributed by atoms with Gasteiger partial charge in [-0.15, -0.1) is 12.4 Å². The van der Waals surface area contributed by atoms with Crippen molar-refractivity contribution in [3.8, 4) is 5.75 Å². The van der Waals surface area contributed by atoms with E-state index >= 15 is 0 Å². The van der Waals surface area contributed by atoms with Gasteiger partial charge in [0.1, 0.15) is 0 Å². The van der Waals surface area contributed by atoms with Gasteiger partial charge in [0.05, 0.1) is 17.1 Å². The monoisotopic (exact) mass is 396 g/mol. The molecule has 2 aromatic carbocycles. The fraction of sp³-hybridized carbons (Fsp3) is 0.133. The van der Waals surface area contributed by atoms with Gasteiger partial charge in [-0.1, -0.05) is 41.9 Å². The van der Waals surface area contributed by atoms with Crippen molar-refractivity contribution in [2.45, 2.75) is 12.7 Å². The van der Waals surface area contributed by atoms with Gasteiger partial charge < -0.3 is 10.6 Å². The van der Waals surface area contributed by atoms with E-state index in [2.05, 4.69) is 0 Å². The maximum atomic E-state index is 12.6. The minimum Gasteiger partial charge on any atom is -0.375 e. The van der Waals surface area contributed by atoms with Crippen LogP contribution in [0.15, 0.2) is 48.5 Å². The maximum absolute atomic E-state index is 12.6. The predicted octanol–water partition coefficient (Wildman–Crippen LogP) is 4.82. The van der Waals surface area contributed by atoms with Crippen molar-refractivity contribution >= 4 is 41.3 Å². The van der Waals surface area contributed by atoms with E-state index in [0.717, 1.165) is 23.8 Å². The molecule has 0 saturated carbocycles. The summed E-state index contributed by atoms with van der Waals surface area (Å²) in [6.07, 6.45) is -4.48. The highest BCUT2D eigenvalue weighted by Crippen LogP contribution is 2.35. The van der Waals surface area contributed by atoms with Gasteiger partial charge >= 0.3 is 6.18 Å². The first kappa shape index (κ1) is 20.3. The van der Waals surface area contributed by atoms with Crippen molar-refractivity contribution in [3.05, 3.63) is 64.7 Å². The number of nitrogens with zero attached hydrogens (tertiary/aromatic N) is 1. The average molecular weight is 397 g/mol. The quantitative estimate of drug-likeness (QED) is 0.593. The van der Waals surface area contributed by atoms with E-state index in [4.69, 9.17) is 34.4 Å². The molecule has 0 unspecified atom stereocenters. The number of rotatable bonds is 4. The molecule has 0 fully saturated rings. The summed E-state index contributed by atoms with van der Waals surface area (Å²) < 4.78 is 37.9. The Bertz CT molecular complexity index is 699. The Balaban J connectivity index is 0.00000288. The predicted molar refractivity (Wildman–Crippen MR) is 93.1 cm³/mol. The summed E-state index contributed by atoms with van der Waals surface area (Å²) >= 11 is 10.8. The second kappa shape index (κ2) is 8.41. The molecule has 0 aliphatic carbocycles. The molecule has 24 heavy (non-hydrogen) atoms. The summed E-state index contributed by atoms with van der Waals surface area (Å²) in [5, 5.41) is 0.929. The van der Waals surface area contributed by atoms with Crippen LogP contribution in [0, 0.1) is 0 Å². The van der Waals surface area contributed by atoms with Crippen molar-refractivity contribution < 1.29 is 18.0 Å². The first-order valence-electron chi connectivity index (χ1n) is 6.43.